The number of hydrogen-bond donors (Lipinski definition) is 2. The minimum Gasteiger partial charge on any atom is -0.468 e. The quantitative estimate of drug-likeness (QED) is 0.422. The van der Waals surface area contributed by atoms with Crippen molar-refractivity contribution in [2.45, 2.75) is 25.9 Å². The molecule has 84 valence electrons. The Morgan fingerprint density at radius 3 is 3.00 bits per heavy atom. The van der Waals surface area contributed by atoms with E-state index in [2.05, 4.69) is 5.43 Å². The van der Waals surface area contributed by atoms with Crippen LogP contribution < -0.4 is 11.3 Å². The van der Waals surface area contributed by atoms with Crippen molar-refractivity contribution < 1.29 is 9.21 Å². The number of carbonyl (C=O) groups excluding carboxylic acids is 1. The van der Waals surface area contributed by atoms with Crippen LogP contribution in [0.1, 0.15) is 19.1 Å². The summed E-state index contributed by atoms with van der Waals surface area (Å²) in [5.74, 6) is 5.75. The summed E-state index contributed by atoms with van der Waals surface area (Å²) < 4.78 is 5.22. The van der Waals surface area contributed by atoms with Gasteiger partial charge in [0.1, 0.15) is 5.76 Å². The van der Waals surface area contributed by atoms with Crippen molar-refractivity contribution in [1.82, 2.24) is 10.3 Å². The lowest BCUT2D eigenvalue weighted by molar-refractivity contribution is -0.122. The zero-order chi connectivity index (χ0) is 11.3. The zero-order valence-electron chi connectivity index (χ0n) is 9.06. The highest BCUT2D eigenvalue weighted by Gasteiger charge is 2.14. The molecule has 0 aliphatic heterocycles. The van der Waals surface area contributed by atoms with Crippen molar-refractivity contribution in [1.29, 1.82) is 0 Å². The molecule has 1 atom stereocenters. The summed E-state index contributed by atoms with van der Waals surface area (Å²) in [6.45, 7) is 2.66. The van der Waals surface area contributed by atoms with Gasteiger partial charge in [-0.25, -0.2) is 5.84 Å². The predicted octanol–water partition coefficient (Wildman–Crippen LogP) is 0.480. The minimum absolute atomic E-state index is 0.124. The third-order valence-corrected chi connectivity index (χ3v) is 2.38. The third kappa shape index (κ3) is 3.73. The summed E-state index contributed by atoms with van der Waals surface area (Å²) in [7, 11) is 1.94. The van der Waals surface area contributed by atoms with Gasteiger partial charge in [-0.3, -0.25) is 15.1 Å². The van der Waals surface area contributed by atoms with E-state index in [-0.39, 0.29) is 11.9 Å². The summed E-state index contributed by atoms with van der Waals surface area (Å²) in [6.07, 6.45) is 2.02. The van der Waals surface area contributed by atoms with E-state index in [0.29, 0.717) is 13.0 Å². The summed E-state index contributed by atoms with van der Waals surface area (Å²) in [4.78, 5) is 13.1. The van der Waals surface area contributed by atoms with Crippen molar-refractivity contribution in [2.24, 2.45) is 5.84 Å². The summed E-state index contributed by atoms with van der Waals surface area (Å²) in [5, 5.41) is 0. The van der Waals surface area contributed by atoms with Crippen molar-refractivity contribution >= 4 is 5.91 Å². The van der Waals surface area contributed by atoms with Gasteiger partial charge in [0.15, 0.2) is 0 Å². The molecule has 5 nitrogen and oxygen atoms in total. The molecule has 15 heavy (non-hydrogen) atoms. The molecular formula is C10H17N3O2. The summed E-state index contributed by atoms with van der Waals surface area (Å²) >= 11 is 0. The van der Waals surface area contributed by atoms with Gasteiger partial charge in [-0.05, 0) is 26.1 Å². The number of nitrogens with two attached hydrogens (primary N) is 1. The van der Waals surface area contributed by atoms with Gasteiger partial charge < -0.3 is 4.42 Å². The van der Waals surface area contributed by atoms with Crippen LogP contribution in [-0.2, 0) is 11.3 Å². The SMILES string of the molecule is CC(CC(=O)NN)N(C)Cc1ccco1. The number of furan rings is 1. The maximum atomic E-state index is 11.0. The molecule has 0 aromatic carbocycles. The van der Waals surface area contributed by atoms with Crippen LogP contribution >= 0.6 is 0 Å². The second kappa shape index (κ2) is 5.53. The molecule has 5 heteroatoms. The van der Waals surface area contributed by atoms with E-state index in [1.807, 2.05) is 31.0 Å². The number of amides is 1. The monoisotopic (exact) mass is 211 g/mol. The number of nitrogens with zero attached hydrogens (tertiary/aromatic N) is 1. The van der Waals surface area contributed by atoms with Crippen LogP contribution in [0, 0.1) is 0 Å². The fourth-order valence-corrected chi connectivity index (χ4v) is 1.29. The van der Waals surface area contributed by atoms with Gasteiger partial charge in [0.05, 0.1) is 12.8 Å². The highest BCUT2D eigenvalue weighted by atomic mass is 16.3. The Hall–Kier alpha value is -1.33. The van der Waals surface area contributed by atoms with Gasteiger partial charge in [-0.2, -0.15) is 0 Å². The van der Waals surface area contributed by atoms with Gasteiger partial charge in [-0.15, -0.1) is 0 Å². The van der Waals surface area contributed by atoms with Crippen LogP contribution in [0.5, 0.6) is 0 Å². The van der Waals surface area contributed by atoms with Gasteiger partial charge in [0.2, 0.25) is 5.91 Å². The molecule has 3 N–H and O–H groups in total. The third-order valence-electron chi connectivity index (χ3n) is 2.38. The number of rotatable bonds is 5. The van der Waals surface area contributed by atoms with Gasteiger partial charge in [0, 0.05) is 12.5 Å². The van der Waals surface area contributed by atoms with Crippen LogP contribution in [0.3, 0.4) is 0 Å². The topological polar surface area (TPSA) is 71.5 Å². The Labute approximate surface area is 89.2 Å². The van der Waals surface area contributed by atoms with E-state index < -0.39 is 0 Å². The second-order valence-electron chi connectivity index (χ2n) is 3.62. The van der Waals surface area contributed by atoms with Gasteiger partial charge in [0.25, 0.3) is 0 Å². The molecule has 0 radical (unpaired) electrons. The van der Waals surface area contributed by atoms with Gasteiger partial charge >= 0.3 is 0 Å². The molecule has 1 amide bonds. The van der Waals surface area contributed by atoms with Gasteiger partial charge in [-0.1, -0.05) is 0 Å². The van der Waals surface area contributed by atoms with Crippen molar-refractivity contribution in [3.05, 3.63) is 24.2 Å². The lowest BCUT2D eigenvalue weighted by atomic mass is 10.2. The molecule has 0 aliphatic carbocycles. The first-order valence-corrected chi connectivity index (χ1v) is 4.85. The lowest BCUT2D eigenvalue weighted by Gasteiger charge is -2.22. The Balaban J connectivity index is 2.39. The van der Waals surface area contributed by atoms with Crippen LogP contribution in [-0.4, -0.2) is 23.9 Å². The fraction of sp³-hybridized carbons (Fsp3) is 0.500. The van der Waals surface area contributed by atoms with E-state index in [0.717, 1.165) is 5.76 Å². The predicted molar refractivity (Wildman–Crippen MR) is 56.6 cm³/mol. The first kappa shape index (κ1) is 11.7. The fourth-order valence-electron chi connectivity index (χ4n) is 1.29. The molecule has 0 aliphatic rings. The van der Waals surface area contributed by atoms with Crippen LogP contribution in [0.15, 0.2) is 22.8 Å². The molecule has 0 saturated carbocycles. The first-order valence-electron chi connectivity index (χ1n) is 4.85. The minimum atomic E-state index is -0.159. The average molecular weight is 211 g/mol. The van der Waals surface area contributed by atoms with Crippen LogP contribution in [0.25, 0.3) is 0 Å². The smallest absolute Gasteiger partial charge is 0.235 e. The maximum Gasteiger partial charge on any atom is 0.235 e. The Bertz CT molecular complexity index is 298. The zero-order valence-corrected chi connectivity index (χ0v) is 9.06. The Morgan fingerprint density at radius 2 is 2.47 bits per heavy atom. The second-order valence-corrected chi connectivity index (χ2v) is 3.62. The van der Waals surface area contributed by atoms with Crippen molar-refractivity contribution in [2.75, 3.05) is 7.05 Å². The van der Waals surface area contributed by atoms with Crippen molar-refractivity contribution in [3.8, 4) is 0 Å². The normalized spacial score (nSPS) is 12.8. The van der Waals surface area contributed by atoms with Crippen molar-refractivity contribution in [3.63, 3.8) is 0 Å². The number of hydrogen-bond acceptors (Lipinski definition) is 4. The molecule has 1 rings (SSSR count). The number of carbonyl (C=O) groups is 1. The molecule has 0 spiro atoms. The first-order chi connectivity index (χ1) is 7.13. The molecular weight excluding hydrogens is 194 g/mol. The van der Waals surface area contributed by atoms with E-state index in [9.17, 15) is 4.79 Å². The molecule has 1 heterocycles. The largest absolute Gasteiger partial charge is 0.468 e. The molecule has 1 aromatic rings. The molecule has 1 unspecified atom stereocenters. The highest BCUT2D eigenvalue weighted by molar-refractivity contribution is 5.75. The highest BCUT2D eigenvalue weighted by Crippen LogP contribution is 2.08. The van der Waals surface area contributed by atoms with Crippen LogP contribution in [0.4, 0.5) is 0 Å². The lowest BCUT2D eigenvalue weighted by Crippen LogP contribution is -2.37. The maximum absolute atomic E-state index is 11.0. The van der Waals surface area contributed by atoms with E-state index in [4.69, 9.17) is 10.3 Å². The average Bonchev–Trinajstić information content (AvgIpc) is 2.70. The Kier molecular flexibility index (Phi) is 4.33. The molecule has 1 aromatic heterocycles. The van der Waals surface area contributed by atoms with E-state index >= 15 is 0 Å². The van der Waals surface area contributed by atoms with Crippen LogP contribution in [0.2, 0.25) is 0 Å². The summed E-state index contributed by atoms with van der Waals surface area (Å²) in [6, 6.07) is 3.88. The molecule has 0 fully saturated rings. The number of hydrazine groups is 1. The van der Waals surface area contributed by atoms with E-state index in [1.54, 1.807) is 6.26 Å². The standard InChI is InChI=1S/C10H17N3O2/c1-8(6-10(14)12-11)13(2)7-9-4-3-5-15-9/h3-5,8H,6-7,11H2,1-2H3,(H,12,14). The number of nitrogens with one attached hydrogen (secondary N) is 1. The van der Waals surface area contributed by atoms with E-state index in [1.165, 1.54) is 0 Å². The molecule has 0 saturated heterocycles. The molecule has 0 bridgehead atoms. The summed E-state index contributed by atoms with van der Waals surface area (Å²) in [5.41, 5.74) is 2.12. The Morgan fingerprint density at radius 1 is 1.73 bits per heavy atom.